The molecule has 0 aliphatic heterocycles. The molecule has 0 heterocycles. The van der Waals surface area contributed by atoms with Crippen LogP contribution in [0.25, 0.3) is 0 Å². The van der Waals surface area contributed by atoms with Gasteiger partial charge in [0.25, 0.3) is 0 Å². The molecule has 1 rings (SSSR count). The van der Waals surface area contributed by atoms with Crippen molar-refractivity contribution in [1.29, 1.82) is 0 Å². The summed E-state index contributed by atoms with van der Waals surface area (Å²) >= 11 is 1.73. The molecule has 1 aromatic carbocycles. The Labute approximate surface area is 88.9 Å². The van der Waals surface area contributed by atoms with Crippen molar-refractivity contribution in [3.8, 4) is 5.75 Å². The zero-order chi connectivity index (χ0) is 9.68. The molecule has 0 bridgehead atoms. The van der Waals surface area contributed by atoms with Crippen LogP contribution in [0, 0.1) is 0 Å². The number of nitrogens with two attached hydrogens (primary N) is 1. The van der Waals surface area contributed by atoms with Crippen LogP contribution in [0.2, 0.25) is 0 Å². The fourth-order valence-electron chi connectivity index (χ4n) is 0.699. The number of halogens is 1. The minimum atomic E-state index is -0.710. The van der Waals surface area contributed by atoms with Crippen LogP contribution in [0.1, 0.15) is 0 Å². The van der Waals surface area contributed by atoms with Gasteiger partial charge < -0.3 is 10.5 Å². The molecule has 0 aliphatic rings. The summed E-state index contributed by atoms with van der Waals surface area (Å²) in [6, 6.07) is 8.68. The van der Waals surface area contributed by atoms with E-state index in [0.29, 0.717) is 5.75 Å². The van der Waals surface area contributed by atoms with Gasteiger partial charge in [-0.05, 0) is 34.7 Å². The van der Waals surface area contributed by atoms with Gasteiger partial charge in [-0.15, -0.1) is 0 Å². The Kier molecular flexibility index (Phi) is 3.69. The molecule has 1 aromatic rings. The molecule has 0 aliphatic carbocycles. The predicted molar refractivity (Wildman–Crippen MR) is 58.1 cm³/mol. The van der Waals surface area contributed by atoms with Crippen molar-refractivity contribution in [1.82, 2.24) is 0 Å². The van der Waals surface area contributed by atoms with Gasteiger partial charge in [0.2, 0.25) is 0 Å². The Balaban J connectivity index is 2.61. The fourth-order valence-corrected chi connectivity index (χ4v) is 0.896. The minimum absolute atomic E-state index is 0.151. The van der Waals surface area contributed by atoms with E-state index in [9.17, 15) is 4.79 Å². The third-order valence-electron chi connectivity index (χ3n) is 1.15. The number of amidine groups is 1. The monoisotopic (exact) mass is 290 g/mol. The normalized spacial score (nSPS) is 11.0. The zero-order valence-corrected chi connectivity index (χ0v) is 8.76. The maximum absolute atomic E-state index is 10.9. The van der Waals surface area contributed by atoms with E-state index in [1.807, 2.05) is 6.07 Å². The summed E-state index contributed by atoms with van der Waals surface area (Å²) in [5.74, 6) is 0.453. The van der Waals surface area contributed by atoms with E-state index in [4.69, 9.17) is 10.5 Å². The first-order chi connectivity index (χ1) is 6.18. The second-order valence-corrected chi connectivity index (χ2v) is 3.22. The second-order valence-electron chi connectivity index (χ2n) is 2.12. The molecular formula is C8H7IN2O2. The Bertz CT molecular complexity index is 320. The average molecular weight is 290 g/mol. The molecule has 5 heteroatoms. The Morgan fingerprint density at radius 2 is 2.00 bits per heavy atom. The van der Waals surface area contributed by atoms with Gasteiger partial charge in [-0.2, -0.15) is 4.99 Å². The molecule has 4 nitrogen and oxygen atoms in total. The highest BCUT2D eigenvalue weighted by Gasteiger charge is 2.01. The number of rotatable bonds is 1. The standard InChI is InChI=1S/C8H7IN2O2/c9-7(10)11-8(12)13-6-4-2-1-3-5-6/h1-5H,(H2,10,11,12). The SMILES string of the molecule is NC(I)=NC(=O)Oc1ccccc1. The van der Waals surface area contributed by atoms with Crippen molar-refractivity contribution in [2.24, 2.45) is 10.7 Å². The summed E-state index contributed by atoms with van der Waals surface area (Å²) < 4.78 is 4.97. The van der Waals surface area contributed by atoms with Crippen LogP contribution in [0.5, 0.6) is 5.75 Å². The molecule has 2 N–H and O–H groups in total. The summed E-state index contributed by atoms with van der Waals surface area (Å²) in [6.45, 7) is 0. The van der Waals surface area contributed by atoms with Crippen molar-refractivity contribution in [2.45, 2.75) is 0 Å². The molecule has 0 fully saturated rings. The lowest BCUT2D eigenvalue weighted by atomic mass is 10.3. The smallest absolute Gasteiger partial charge is 0.409 e. The molecule has 13 heavy (non-hydrogen) atoms. The van der Waals surface area contributed by atoms with E-state index >= 15 is 0 Å². The van der Waals surface area contributed by atoms with E-state index in [0.717, 1.165) is 0 Å². The van der Waals surface area contributed by atoms with Crippen molar-refractivity contribution < 1.29 is 9.53 Å². The molecule has 0 radical (unpaired) electrons. The highest BCUT2D eigenvalue weighted by molar-refractivity contribution is 14.1. The van der Waals surface area contributed by atoms with Gasteiger partial charge in [0, 0.05) is 0 Å². The second kappa shape index (κ2) is 4.80. The Hall–Kier alpha value is -1.11. The van der Waals surface area contributed by atoms with Crippen LogP contribution in [-0.2, 0) is 0 Å². The number of hydrogen-bond donors (Lipinski definition) is 1. The Morgan fingerprint density at radius 3 is 2.54 bits per heavy atom. The lowest BCUT2D eigenvalue weighted by molar-refractivity contribution is 0.211. The molecule has 0 unspecified atom stereocenters. The summed E-state index contributed by atoms with van der Waals surface area (Å²) in [5.41, 5.74) is 5.18. The summed E-state index contributed by atoms with van der Waals surface area (Å²) in [4.78, 5) is 14.3. The van der Waals surface area contributed by atoms with Crippen LogP contribution in [-0.4, -0.2) is 9.94 Å². The lowest BCUT2D eigenvalue weighted by Crippen LogP contribution is -2.09. The van der Waals surface area contributed by atoms with Gasteiger partial charge in [0.05, 0.1) is 0 Å². The quantitative estimate of drug-likeness (QED) is 0.372. The van der Waals surface area contributed by atoms with Crippen molar-refractivity contribution in [2.75, 3.05) is 0 Å². The average Bonchev–Trinajstić information content (AvgIpc) is 2.04. The van der Waals surface area contributed by atoms with Gasteiger partial charge >= 0.3 is 6.09 Å². The maximum Gasteiger partial charge on any atom is 0.441 e. The Morgan fingerprint density at radius 1 is 1.38 bits per heavy atom. The van der Waals surface area contributed by atoms with Crippen LogP contribution in [0.3, 0.4) is 0 Å². The third kappa shape index (κ3) is 3.88. The highest BCUT2D eigenvalue weighted by Crippen LogP contribution is 2.08. The van der Waals surface area contributed by atoms with E-state index < -0.39 is 6.09 Å². The number of nitrogens with zero attached hydrogens (tertiary/aromatic N) is 1. The van der Waals surface area contributed by atoms with E-state index in [2.05, 4.69) is 4.99 Å². The van der Waals surface area contributed by atoms with Gasteiger partial charge in [-0.1, -0.05) is 18.2 Å². The summed E-state index contributed by atoms with van der Waals surface area (Å²) in [5, 5.41) is 0. The number of hydrogen-bond acceptors (Lipinski definition) is 2. The van der Waals surface area contributed by atoms with E-state index in [-0.39, 0.29) is 3.84 Å². The molecule has 0 saturated heterocycles. The first-order valence-corrected chi connectivity index (χ1v) is 4.53. The van der Waals surface area contributed by atoms with Gasteiger partial charge in [-0.3, -0.25) is 0 Å². The molecule has 0 saturated carbocycles. The lowest BCUT2D eigenvalue weighted by Gasteiger charge is -1.98. The first kappa shape index (κ1) is 9.97. The van der Waals surface area contributed by atoms with E-state index in [1.165, 1.54) is 0 Å². The molecule has 0 atom stereocenters. The molecule has 1 amide bonds. The largest absolute Gasteiger partial charge is 0.441 e. The van der Waals surface area contributed by atoms with E-state index in [1.54, 1.807) is 46.9 Å². The third-order valence-corrected chi connectivity index (χ3v) is 1.39. The maximum atomic E-state index is 10.9. The topological polar surface area (TPSA) is 64.7 Å². The summed E-state index contributed by atoms with van der Waals surface area (Å²) in [7, 11) is 0. The molecule has 0 spiro atoms. The van der Waals surface area contributed by atoms with Crippen molar-refractivity contribution in [3.05, 3.63) is 30.3 Å². The zero-order valence-electron chi connectivity index (χ0n) is 6.61. The van der Waals surface area contributed by atoms with Crippen LogP contribution < -0.4 is 10.5 Å². The van der Waals surface area contributed by atoms with Crippen LogP contribution in [0.15, 0.2) is 35.3 Å². The molecular weight excluding hydrogens is 283 g/mol. The number of amides is 1. The number of para-hydroxylation sites is 1. The van der Waals surface area contributed by atoms with Crippen molar-refractivity contribution in [3.63, 3.8) is 0 Å². The number of carbonyl (C=O) groups excluding carboxylic acids is 1. The van der Waals surface area contributed by atoms with Crippen LogP contribution in [0.4, 0.5) is 4.79 Å². The fraction of sp³-hybridized carbons (Fsp3) is 0. The van der Waals surface area contributed by atoms with Gasteiger partial charge in [0.15, 0.2) is 3.84 Å². The number of aliphatic imine (C=N–C) groups is 1. The number of ether oxygens (including phenoxy) is 1. The summed E-state index contributed by atoms with van der Waals surface area (Å²) in [6.07, 6.45) is -0.710. The predicted octanol–water partition coefficient (Wildman–Crippen LogP) is 1.94. The van der Waals surface area contributed by atoms with Crippen molar-refractivity contribution >= 4 is 32.5 Å². The highest BCUT2D eigenvalue weighted by atomic mass is 127. The molecule has 0 aromatic heterocycles. The van der Waals surface area contributed by atoms with Gasteiger partial charge in [0.1, 0.15) is 5.75 Å². The van der Waals surface area contributed by atoms with Crippen LogP contribution >= 0.6 is 22.6 Å². The number of carbonyl (C=O) groups is 1. The molecule has 68 valence electrons. The number of benzene rings is 1. The van der Waals surface area contributed by atoms with Gasteiger partial charge in [-0.25, -0.2) is 4.79 Å². The minimum Gasteiger partial charge on any atom is -0.409 e. The first-order valence-electron chi connectivity index (χ1n) is 3.45.